The zero-order valence-electron chi connectivity index (χ0n) is 19.1. The van der Waals surface area contributed by atoms with Crippen LogP contribution in [0.4, 0.5) is 5.69 Å². The molecule has 0 saturated carbocycles. The highest BCUT2D eigenvalue weighted by Crippen LogP contribution is 2.30. The number of methoxy groups -OCH3 is 1. The number of sulfonamides is 1. The lowest BCUT2D eigenvalue weighted by molar-refractivity contribution is 0.167. The van der Waals surface area contributed by atoms with E-state index in [1.165, 1.54) is 19.2 Å². The standard InChI is InChI=1S/C25H30N2O6S/c1-33-25-15-19(9-11-24(25)30)21(13-17-6-4-3-5-7-17)26-16-20(28)12-18-8-10-23(29)22(14-18)27-34(2,31)32/h3-11,14-15,20-21,26-30H,12-13,16H2,1-2H3. The van der Waals surface area contributed by atoms with E-state index < -0.39 is 16.1 Å². The van der Waals surface area contributed by atoms with Crippen LogP contribution >= 0.6 is 0 Å². The Morgan fingerprint density at radius 1 is 0.912 bits per heavy atom. The minimum Gasteiger partial charge on any atom is -0.506 e. The smallest absolute Gasteiger partial charge is 0.229 e. The first-order valence-electron chi connectivity index (χ1n) is 10.8. The van der Waals surface area contributed by atoms with Crippen LogP contribution in [0.15, 0.2) is 66.7 Å². The summed E-state index contributed by atoms with van der Waals surface area (Å²) in [5, 5.41) is 33.9. The second kappa shape index (κ2) is 11.2. The summed E-state index contributed by atoms with van der Waals surface area (Å²) in [6.45, 7) is 0.260. The molecule has 0 spiro atoms. The predicted octanol–water partition coefficient (Wildman–Crippen LogP) is 2.95. The Bertz CT molecular complexity index is 1200. The number of rotatable bonds is 11. The molecular formula is C25H30N2O6S. The SMILES string of the molecule is COc1cc(C(Cc2ccccc2)NCC(O)Cc2ccc(O)c(NS(C)(=O)=O)c2)ccc1O. The van der Waals surface area contributed by atoms with Gasteiger partial charge in [-0.2, -0.15) is 0 Å². The van der Waals surface area contributed by atoms with Gasteiger partial charge in [0, 0.05) is 12.6 Å². The Morgan fingerprint density at radius 3 is 2.29 bits per heavy atom. The molecule has 0 aliphatic carbocycles. The Balaban J connectivity index is 1.72. The van der Waals surface area contributed by atoms with Gasteiger partial charge in [0.25, 0.3) is 0 Å². The first kappa shape index (κ1) is 25.4. The lowest BCUT2D eigenvalue weighted by Crippen LogP contribution is -2.32. The molecule has 9 heteroatoms. The molecule has 0 radical (unpaired) electrons. The molecule has 0 aliphatic rings. The van der Waals surface area contributed by atoms with Crippen molar-refractivity contribution < 1.29 is 28.5 Å². The Morgan fingerprint density at radius 2 is 1.62 bits per heavy atom. The van der Waals surface area contributed by atoms with E-state index in [1.54, 1.807) is 18.2 Å². The van der Waals surface area contributed by atoms with Gasteiger partial charge < -0.3 is 25.4 Å². The second-order valence-electron chi connectivity index (χ2n) is 8.17. The summed E-state index contributed by atoms with van der Waals surface area (Å²) in [4.78, 5) is 0. The van der Waals surface area contributed by atoms with Gasteiger partial charge in [-0.25, -0.2) is 8.42 Å². The summed E-state index contributed by atoms with van der Waals surface area (Å²) < 4.78 is 30.5. The van der Waals surface area contributed by atoms with Crippen molar-refractivity contribution >= 4 is 15.7 Å². The molecule has 34 heavy (non-hydrogen) atoms. The van der Waals surface area contributed by atoms with E-state index in [2.05, 4.69) is 10.0 Å². The van der Waals surface area contributed by atoms with E-state index in [0.717, 1.165) is 17.4 Å². The van der Waals surface area contributed by atoms with Crippen molar-refractivity contribution in [2.45, 2.75) is 25.0 Å². The summed E-state index contributed by atoms with van der Waals surface area (Å²) in [5.41, 5.74) is 2.74. The number of nitrogens with one attached hydrogen (secondary N) is 2. The van der Waals surface area contributed by atoms with Crippen LogP contribution in [0.1, 0.15) is 22.7 Å². The van der Waals surface area contributed by atoms with Gasteiger partial charge in [-0.05, 0) is 53.8 Å². The van der Waals surface area contributed by atoms with Crippen LogP contribution in [0.3, 0.4) is 0 Å². The summed E-state index contributed by atoms with van der Waals surface area (Å²) >= 11 is 0. The Kier molecular flexibility index (Phi) is 8.38. The average molecular weight is 487 g/mol. The van der Waals surface area contributed by atoms with Crippen LogP contribution in [0, 0.1) is 0 Å². The van der Waals surface area contributed by atoms with Gasteiger partial charge in [-0.15, -0.1) is 0 Å². The highest BCUT2D eigenvalue weighted by Gasteiger charge is 2.17. The quantitative estimate of drug-likeness (QED) is 0.264. The maximum absolute atomic E-state index is 11.5. The van der Waals surface area contributed by atoms with Crippen molar-refractivity contribution in [1.29, 1.82) is 0 Å². The number of hydrogen-bond acceptors (Lipinski definition) is 7. The number of benzene rings is 3. The lowest BCUT2D eigenvalue weighted by atomic mass is 9.97. The summed E-state index contributed by atoms with van der Waals surface area (Å²) in [6.07, 6.45) is 1.14. The van der Waals surface area contributed by atoms with Crippen molar-refractivity contribution in [2.24, 2.45) is 0 Å². The number of aromatic hydroxyl groups is 2. The van der Waals surface area contributed by atoms with Crippen LogP contribution in [0.25, 0.3) is 0 Å². The molecule has 3 aromatic rings. The third kappa shape index (κ3) is 7.38. The zero-order chi connectivity index (χ0) is 24.7. The monoisotopic (exact) mass is 486 g/mol. The number of phenols is 2. The predicted molar refractivity (Wildman–Crippen MR) is 132 cm³/mol. The van der Waals surface area contributed by atoms with Gasteiger partial charge in [0.2, 0.25) is 10.0 Å². The summed E-state index contributed by atoms with van der Waals surface area (Å²) in [5.74, 6) is 0.231. The van der Waals surface area contributed by atoms with E-state index in [4.69, 9.17) is 4.74 Å². The molecule has 0 fully saturated rings. The van der Waals surface area contributed by atoms with Crippen LogP contribution in [-0.2, 0) is 22.9 Å². The minimum absolute atomic E-state index is 0.0515. The molecule has 5 N–H and O–H groups in total. The molecule has 2 unspecified atom stereocenters. The molecule has 0 saturated heterocycles. The fourth-order valence-corrected chi connectivity index (χ4v) is 4.25. The minimum atomic E-state index is -3.55. The molecule has 3 rings (SSSR count). The van der Waals surface area contributed by atoms with Crippen molar-refractivity contribution in [3.63, 3.8) is 0 Å². The molecule has 0 heterocycles. The van der Waals surface area contributed by atoms with Crippen molar-refractivity contribution in [2.75, 3.05) is 24.6 Å². The second-order valence-corrected chi connectivity index (χ2v) is 9.91. The highest BCUT2D eigenvalue weighted by molar-refractivity contribution is 7.92. The summed E-state index contributed by atoms with van der Waals surface area (Å²) in [7, 11) is -2.06. The van der Waals surface area contributed by atoms with E-state index in [0.29, 0.717) is 17.7 Å². The normalized spacial score (nSPS) is 13.3. The maximum atomic E-state index is 11.5. The zero-order valence-corrected chi connectivity index (χ0v) is 19.9. The third-order valence-corrected chi connectivity index (χ3v) is 5.91. The largest absolute Gasteiger partial charge is 0.506 e. The van der Waals surface area contributed by atoms with Crippen LogP contribution in [0.2, 0.25) is 0 Å². The Labute approximate surface area is 199 Å². The van der Waals surface area contributed by atoms with Gasteiger partial charge >= 0.3 is 0 Å². The molecule has 2 atom stereocenters. The number of aliphatic hydroxyl groups is 1. The van der Waals surface area contributed by atoms with Gasteiger partial charge in [-0.3, -0.25) is 4.72 Å². The molecule has 182 valence electrons. The molecule has 0 aromatic heterocycles. The van der Waals surface area contributed by atoms with Crippen LogP contribution in [0.5, 0.6) is 17.2 Å². The topological polar surface area (TPSA) is 128 Å². The van der Waals surface area contributed by atoms with E-state index in [9.17, 15) is 23.7 Å². The number of phenolic OH excluding ortho intramolecular Hbond substituents is 2. The number of anilines is 1. The highest BCUT2D eigenvalue weighted by atomic mass is 32.2. The molecule has 0 amide bonds. The fraction of sp³-hybridized carbons (Fsp3) is 0.280. The first-order chi connectivity index (χ1) is 16.1. The van der Waals surface area contributed by atoms with Gasteiger partial charge in [-0.1, -0.05) is 42.5 Å². The fourth-order valence-electron chi connectivity index (χ4n) is 3.68. The molecule has 0 bridgehead atoms. The summed E-state index contributed by atoms with van der Waals surface area (Å²) in [6, 6.07) is 19.5. The van der Waals surface area contributed by atoms with Gasteiger partial charge in [0.15, 0.2) is 11.5 Å². The number of aliphatic hydroxyl groups excluding tert-OH is 1. The van der Waals surface area contributed by atoms with Crippen molar-refractivity contribution in [3.05, 3.63) is 83.4 Å². The number of hydrogen-bond donors (Lipinski definition) is 5. The maximum Gasteiger partial charge on any atom is 0.229 e. The van der Waals surface area contributed by atoms with Gasteiger partial charge in [0.05, 0.1) is 25.2 Å². The van der Waals surface area contributed by atoms with E-state index in [1.807, 2.05) is 36.4 Å². The average Bonchev–Trinajstić information content (AvgIpc) is 2.79. The number of ether oxygens (including phenoxy) is 1. The lowest BCUT2D eigenvalue weighted by Gasteiger charge is -2.22. The van der Waals surface area contributed by atoms with E-state index >= 15 is 0 Å². The van der Waals surface area contributed by atoms with Gasteiger partial charge in [0.1, 0.15) is 5.75 Å². The molecule has 3 aromatic carbocycles. The molecule has 8 nitrogen and oxygen atoms in total. The third-order valence-electron chi connectivity index (χ3n) is 5.32. The van der Waals surface area contributed by atoms with Crippen molar-refractivity contribution in [3.8, 4) is 17.2 Å². The van der Waals surface area contributed by atoms with E-state index in [-0.39, 0.29) is 36.2 Å². The van der Waals surface area contributed by atoms with Crippen LogP contribution in [-0.4, -0.2) is 49.8 Å². The van der Waals surface area contributed by atoms with Crippen molar-refractivity contribution in [1.82, 2.24) is 5.32 Å². The van der Waals surface area contributed by atoms with Crippen LogP contribution < -0.4 is 14.8 Å². The Hall–Kier alpha value is -3.27. The molecular weight excluding hydrogens is 456 g/mol. The molecule has 0 aliphatic heterocycles. The first-order valence-corrected chi connectivity index (χ1v) is 12.7.